The van der Waals surface area contributed by atoms with E-state index in [4.69, 9.17) is 14.0 Å². The molecule has 2 heterocycles. The molecule has 1 atom stereocenters. The Labute approximate surface area is 158 Å². The molecule has 0 bridgehead atoms. The summed E-state index contributed by atoms with van der Waals surface area (Å²) in [5.41, 5.74) is 1.49. The third-order valence-electron chi connectivity index (χ3n) is 4.98. The smallest absolute Gasteiger partial charge is 0.184 e. The largest absolute Gasteiger partial charge is 0.381 e. The van der Waals surface area contributed by atoms with Crippen LogP contribution in [0, 0.1) is 5.92 Å². The normalized spacial score (nSPS) is 16.8. The van der Waals surface area contributed by atoms with E-state index in [1.165, 1.54) is 10.8 Å². The first-order chi connectivity index (χ1) is 13.3. The number of rotatable bonds is 8. The van der Waals surface area contributed by atoms with Gasteiger partial charge in [-0.2, -0.15) is 0 Å². The number of Topliss-reactive ketones (excluding diaryl/α,β-unsaturated/α-hetero) is 1. The van der Waals surface area contributed by atoms with Gasteiger partial charge in [0.15, 0.2) is 11.5 Å². The molecule has 1 aliphatic rings. The Morgan fingerprint density at radius 2 is 2.00 bits per heavy atom. The van der Waals surface area contributed by atoms with Gasteiger partial charge in [0.05, 0.1) is 6.61 Å². The van der Waals surface area contributed by atoms with Crippen molar-refractivity contribution in [2.24, 2.45) is 5.92 Å². The van der Waals surface area contributed by atoms with Gasteiger partial charge in [0, 0.05) is 25.7 Å². The van der Waals surface area contributed by atoms with Crippen molar-refractivity contribution in [3.63, 3.8) is 0 Å². The maximum Gasteiger partial charge on any atom is 0.184 e. The Balaban J connectivity index is 1.26. The summed E-state index contributed by atoms with van der Waals surface area (Å²) >= 11 is 0. The van der Waals surface area contributed by atoms with Crippen LogP contribution in [0.3, 0.4) is 0 Å². The molecule has 27 heavy (non-hydrogen) atoms. The Bertz CT molecular complexity index is 911. The van der Waals surface area contributed by atoms with Crippen LogP contribution in [0.5, 0.6) is 0 Å². The maximum atomic E-state index is 12.2. The third-order valence-corrected chi connectivity index (χ3v) is 4.98. The summed E-state index contributed by atoms with van der Waals surface area (Å²) in [5, 5.41) is 6.30. The van der Waals surface area contributed by atoms with Crippen LogP contribution in [-0.4, -0.2) is 24.2 Å². The molecule has 0 saturated carbocycles. The highest BCUT2D eigenvalue weighted by molar-refractivity contribution is 5.94. The van der Waals surface area contributed by atoms with Gasteiger partial charge in [0.1, 0.15) is 12.3 Å². The molecule has 140 valence electrons. The van der Waals surface area contributed by atoms with Crippen molar-refractivity contribution in [2.75, 3.05) is 13.2 Å². The lowest BCUT2D eigenvalue weighted by Gasteiger charge is -2.04. The van der Waals surface area contributed by atoms with E-state index in [1.54, 1.807) is 6.07 Å². The molecule has 2 aromatic carbocycles. The molecule has 0 aliphatic carbocycles. The van der Waals surface area contributed by atoms with Gasteiger partial charge in [-0.1, -0.05) is 41.6 Å². The van der Waals surface area contributed by atoms with Crippen LogP contribution < -0.4 is 0 Å². The van der Waals surface area contributed by atoms with Crippen molar-refractivity contribution in [1.82, 2.24) is 5.16 Å². The Hall–Kier alpha value is -2.50. The third kappa shape index (κ3) is 4.62. The number of hydrogen-bond acceptors (Lipinski definition) is 5. The first-order valence-corrected chi connectivity index (χ1v) is 9.40. The summed E-state index contributed by atoms with van der Waals surface area (Å²) in [7, 11) is 0. The quantitative estimate of drug-likeness (QED) is 0.548. The summed E-state index contributed by atoms with van der Waals surface area (Å²) in [6.07, 6.45) is 2.37. The molecule has 0 radical (unpaired) electrons. The van der Waals surface area contributed by atoms with Gasteiger partial charge in [-0.05, 0) is 41.2 Å². The minimum Gasteiger partial charge on any atom is -0.381 e. The average Bonchev–Trinajstić information content (AvgIpc) is 3.38. The van der Waals surface area contributed by atoms with Crippen molar-refractivity contribution in [3.8, 4) is 0 Å². The van der Waals surface area contributed by atoms with Crippen LogP contribution in [0.1, 0.15) is 41.1 Å². The lowest BCUT2D eigenvalue weighted by molar-refractivity contribution is 0.0879. The van der Waals surface area contributed by atoms with E-state index in [9.17, 15) is 4.79 Å². The zero-order valence-electron chi connectivity index (χ0n) is 15.2. The molecular weight excluding hydrogens is 342 g/mol. The standard InChI is InChI=1S/C22H23NO4/c24-22(8-6-16-9-10-25-13-16)21-12-20(27-23-21)15-26-14-17-5-7-18-3-1-2-4-19(18)11-17/h1-5,7,11-12,16H,6,8-10,13-15H2. The summed E-state index contributed by atoms with van der Waals surface area (Å²) in [6.45, 7) is 2.35. The number of aromatic nitrogens is 1. The second-order valence-electron chi connectivity index (χ2n) is 7.04. The first kappa shape index (κ1) is 17.9. The molecule has 1 saturated heterocycles. The predicted octanol–water partition coefficient (Wildman–Crippen LogP) is 4.54. The monoisotopic (exact) mass is 365 g/mol. The lowest BCUT2D eigenvalue weighted by atomic mass is 10.00. The molecule has 1 fully saturated rings. The highest BCUT2D eigenvalue weighted by Gasteiger charge is 2.19. The van der Waals surface area contributed by atoms with Crippen LogP contribution in [0.4, 0.5) is 0 Å². The number of ether oxygens (including phenoxy) is 2. The second-order valence-corrected chi connectivity index (χ2v) is 7.04. The number of nitrogens with zero attached hydrogens (tertiary/aromatic N) is 1. The molecule has 0 N–H and O–H groups in total. The highest BCUT2D eigenvalue weighted by atomic mass is 16.5. The lowest BCUT2D eigenvalue weighted by Crippen LogP contribution is -2.05. The number of benzene rings is 2. The molecule has 1 unspecified atom stereocenters. The number of hydrogen-bond donors (Lipinski definition) is 0. The molecule has 5 heteroatoms. The van der Waals surface area contributed by atoms with Crippen molar-refractivity contribution in [1.29, 1.82) is 0 Å². The Morgan fingerprint density at radius 1 is 1.11 bits per heavy atom. The zero-order chi connectivity index (χ0) is 18.5. The van der Waals surface area contributed by atoms with Crippen LogP contribution in [0.15, 0.2) is 53.1 Å². The summed E-state index contributed by atoms with van der Waals surface area (Å²) in [6, 6.07) is 16.2. The van der Waals surface area contributed by atoms with Gasteiger partial charge in [0.2, 0.25) is 0 Å². The van der Waals surface area contributed by atoms with Crippen molar-refractivity contribution in [2.45, 2.75) is 32.5 Å². The molecule has 0 spiro atoms. The summed E-state index contributed by atoms with van der Waals surface area (Å²) in [5.74, 6) is 1.08. The Kier molecular flexibility index (Phi) is 5.61. The molecule has 1 aliphatic heterocycles. The van der Waals surface area contributed by atoms with Crippen LogP contribution in [-0.2, 0) is 22.7 Å². The minimum atomic E-state index is 0.0198. The van der Waals surface area contributed by atoms with Gasteiger partial charge in [-0.25, -0.2) is 0 Å². The maximum absolute atomic E-state index is 12.2. The molecule has 5 nitrogen and oxygen atoms in total. The molecule has 3 aromatic rings. The zero-order valence-corrected chi connectivity index (χ0v) is 15.2. The topological polar surface area (TPSA) is 61.6 Å². The molecular formula is C22H23NO4. The van der Waals surface area contributed by atoms with Gasteiger partial charge in [0.25, 0.3) is 0 Å². The fourth-order valence-corrected chi connectivity index (χ4v) is 3.38. The SMILES string of the molecule is O=C(CCC1CCOC1)c1cc(COCc2ccc3ccccc3c2)on1. The summed E-state index contributed by atoms with van der Waals surface area (Å²) in [4.78, 5) is 12.2. The highest BCUT2D eigenvalue weighted by Crippen LogP contribution is 2.20. The van der Waals surface area contributed by atoms with Crippen molar-refractivity contribution >= 4 is 16.6 Å². The minimum absolute atomic E-state index is 0.0198. The molecule has 1 aromatic heterocycles. The fourth-order valence-electron chi connectivity index (χ4n) is 3.38. The van der Waals surface area contributed by atoms with E-state index in [2.05, 4.69) is 35.5 Å². The van der Waals surface area contributed by atoms with Crippen LogP contribution in [0.25, 0.3) is 10.8 Å². The van der Waals surface area contributed by atoms with E-state index in [0.717, 1.165) is 31.6 Å². The van der Waals surface area contributed by atoms with Crippen molar-refractivity contribution < 1.29 is 18.8 Å². The number of carbonyl (C=O) groups excluding carboxylic acids is 1. The average molecular weight is 365 g/mol. The molecule has 0 amide bonds. The van der Waals surface area contributed by atoms with E-state index in [1.807, 2.05) is 12.1 Å². The number of fused-ring (bicyclic) bond motifs is 1. The van der Waals surface area contributed by atoms with E-state index < -0.39 is 0 Å². The van der Waals surface area contributed by atoms with Crippen LogP contribution in [0.2, 0.25) is 0 Å². The summed E-state index contributed by atoms with van der Waals surface area (Å²) < 4.78 is 16.3. The van der Waals surface area contributed by atoms with Gasteiger partial charge < -0.3 is 14.0 Å². The Morgan fingerprint density at radius 3 is 2.85 bits per heavy atom. The van der Waals surface area contributed by atoms with E-state index in [-0.39, 0.29) is 5.78 Å². The van der Waals surface area contributed by atoms with E-state index >= 15 is 0 Å². The second kappa shape index (κ2) is 8.46. The fraction of sp³-hybridized carbons (Fsp3) is 0.364. The van der Waals surface area contributed by atoms with Crippen molar-refractivity contribution in [3.05, 3.63) is 65.5 Å². The van der Waals surface area contributed by atoms with Gasteiger partial charge in [-0.15, -0.1) is 0 Å². The van der Waals surface area contributed by atoms with Crippen LogP contribution >= 0.6 is 0 Å². The van der Waals surface area contributed by atoms with Gasteiger partial charge >= 0.3 is 0 Å². The number of ketones is 1. The number of carbonyl (C=O) groups is 1. The predicted molar refractivity (Wildman–Crippen MR) is 101 cm³/mol. The van der Waals surface area contributed by atoms with E-state index in [0.29, 0.717) is 37.0 Å². The van der Waals surface area contributed by atoms with Gasteiger partial charge in [-0.3, -0.25) is 4.79 Å². The molecule has 4 rings (SSSR count). The first-order valence-electron chi connectivity index (χ1n) is 9.40.